The molecule has 0 aliphatic carbocycles. The maximum atomic E-state index is 13.8. The molecule has 1 unspecified atom stereocenters. The monoisotopic (exact) mass is 367 g/mol. The van der Waals surface area contributed by atoms with E-state index in [-0.39, 0.29) is 11.7 Å². The molecule has 2 heterocycles. The highest BCUT2D eigenvalue weighted by molar-refractivity contribution is 7.89. The van der Waals surface area contributed by atoms with Gasteiger partial charge in [-0.05, 0) is 44.7 Å². The van der Waals surface area contributed by atoms with Crippen molar-refractivity contribution in [3.63, 3.8) is 0 Å². The van der Waals surface area contributed by atoms with E-state index in [1.807, 2.05) is 0 Å². The highest BCUT2D eigenvalue weighted by atomic mass is 32.2. The van der Waals surface area contributed by atoms with E-state index in [4.69, 9.17) is 4.52 Å². The Balaban J connectivity index is 1.70. The first-order valence-electron chi connectivity index (χ1n) is 8.44. The third-order valence-electron chi connectivity index (χ3n) is 4.48. The van der Waals surface area contributed by atoms with Crippen LogP contribution in [-0.2, 0) is 16.4 Å². The molecule has 1 aliphatic heterocycles. The molecule has 3 rings (SSSR count). The van der Waals surface area contributed by atoms with Gasteiger partial charge in [-0.2, -0.15) is 4.98 Å². The molecule has 25 heavy (non-hydrogen) atoms. The van der Waals surface area contributed by atoms with E-state index in [9.17, 15) is 12.8 Å². The topological polar surface area (TPSA) is 76.3 Å². The number of benzene rings is 1. The average molecular weight is 367 g/mol. The number of rotatable bonds is 5. The second-order valence-electron chi connectivity index (χ2n) is 6.66. The third-order valence-corrected chi connectivity index (χ3v) is 6.73. The molecule has 0 amide bonds. The van der Waals surface area contributed by atoms with Gasteiger partial charge in [-0.25, -0.2) is 17.1 Å². The molecule has 2 aromatic rings. The summed E-state index contributed by atoms with van der Waals surface area (Å²) in [6, 6.07) is 6.26. The molecule has 1 aromatic carbocycles. The van der Waals surface area contributed by atoms with Crippen molar-refractivity contribution in [2.45, 2.75) is 38.4 Å². The summed E-state index contributed by atoms with van der Waals surface area (Å²) in [4.78, 5) is 4.27. The van der Waals surface area contributed by atoms with Crippen molar-refractivity contribution in [3.05, 3.63) is 36.0 Å². The van der Waals surface area contributed by atoms with Gasteiger partial charge < -0.3 is 4.52 Å². The summed E-state index contributed by atoms with van der Waals surface area (Å²) in [7, 11) is -3.25. The Bertz CT molecular complexity index is 835. The Labute approximate surface area is 147 Å². The van der Waals surface area contributed by atoms with Crippen LogP contribution in [0.3, 0.4) is 0 Å². The van der Waals surface area contributed by atoms with E-state index in [1.54, 1.807) is 36.4 Å². The Morgan fingerprint density at radius 1 is 1.36 bits per heavy atom. The molecule has 0 spiro atoms. The lowest BCUT2D eigenvalue weighted by Crippen LogP contribution is -2.43. The van der Waals surface area contributed by atoms with Crippen LogP contribution in [0.5, 0.6) is 0 Å². The molecule has 1 atom stereocenters. The number of sulfonamides is 1. The van der Waals surface area contributed by atoms with Crippen molar-refractivity contribution >= 4 is 10.0 Å². The van der Waals surface area contributed by atoms with Crippen molar-refractivity contribution in [1.82, 2.24) is 14.4 Å². The van der Waals surface area contributed by atoms with Crippen LogP contribution >= 0.6 is 0 Å². The Morgan fingerprint density at radius 3 is 2.84 bits per heavy atom. The summed E-state index contributed by atoms with van der Waals surface area (Å²) in [5.74, 6) is 0.348. The van der Waals surface area contributed by atoms with Gasteiger partial charge in [0, 0.05) is 19.5 Å². The zero-order valence-electron chi connectivity index (χ0n) is 14.4. The normalized spacial score (nSPS) is 19.4. The number of halogens is 1. The summed E-state index contributed by atoms with van der Waals surface area (Å²) in [5.41, 5.74) is 0.296. The molecular formula is C17H22FN3O3S. The van der Waals surface area contributed by atoms with E-state index in [0.717, 1.165) is 12.8 Å². The molecule has 0 N–H and O–H groups in total. The van der Waals surface area contributed by atoms with Crippen LogP contribution in [0.4, 0.5) is 4.39 Å². The summed E-state index contributed by atoms with van der Waals surface area (Å²) < 4.78 is 45.3. The van der Waals surface area contributed by atoms with E-state index >= 15 is 0 Å². The second kappa shape index (κ2) is 7.21. The van der Waals surface area contributed by atoms with E-state index in [2.05, 4.69) is 10.1 Å². The minimum Gasteiger partial charge on any atom is -0.339 e. The van der Waals surface area contributed by atoms with Gasteiger partial charge in [-0.15, -0.1) is 0 Å². The first-order chi connectivity index (χ1) is 11.9. The summed E-state index contributed by atoms with van der Waals surface area (Å²) in [6.07, 6.45) is 2.21. The highest BCUT2D eigenvalue weighted by Gasteiger charge is 2.31. The van der Waals surface area contributed by atoms with Gasteiger partial charge in [0.15, 0.2) is 0 Å². The predicted octanol–water partition coefficient (Wildman–Crippen LogP) is 2.87. The van der Waals surface area contributed by atoms with Gasteiger partial charge >= 0.3 is 0 Å². The zero-order valence-corrected chi connectivity index (χ0v) is 15.2. The lowest BCUT2D eigenvalue weighted by atomic mass is 9.96. The van der Waals surface area contributed by atoms with Crippen LogP contribution in [0.2, 0.25) is 0 Å². The minimum absolute atomic E-state index is 0.121. The predicted molar refractivity (Wildman–Crippen MR) is 91.7 cm³/mol. The number of aromatic nitrogens is 2. The maximum Gasteiger partial charge on any atom is 0.227 e. The number of piperidine rings is 1. The minimum atomic E-state index is -3.25. The van der Waals surface area contributed by atoms with Gasteiger partial charge in [0.2, 0.25) is 21.7 Å². The molecule has 0 bridgehead atoms. The van der Waals surface area contributed by atoms with Crippen molar-refractivity contribution in [1.29, 1.82) is 0 Å². The largest absolute Gasteiger partial charge is 0.339 e. The smallest absolute Gasteiger partial charge is 0.227 e. The van der Waals surface area contributed by atoms with Crippen molar-refractivity contribution in [3.8, 4) is 11.4 Å². The second-order valence-corrected chi connectivity index (χ2v) is 9.14. The Hall–Kier alpha value is -1.80. The molecule has 6 nitrogen and oxygen atoms in total. The number of nitrogens with zero attached hydrogens (tertiary/aromatic N) is 3. The first-order valence-corrected chi connectivity index (χ1v) is 9.94. The number of hydrogen-bond acceptors (Lipinski definition) is 5. The molecule has 1 fully saturated rings. The van der Waals surface area contributed by atoms with Crippen molar-refractivity contribution in [2.75, 3.05) is 13.1 Å². The molecule has 0 saturated carbocycles. The SMILES string of the molecule is CC(C)S(=O)(=O)N1CCCC(Cc2nc(-c3ccccc3F)no2)C1. The van der Waals surface area contributed by atoms with Crippen LogP contribution < -0.4 is 0 Å². The van der Waals surface area contributed by atoms with Gasteiger partial charge in [-0.3, -0.25) is 0 Å². The fourth-order valence-corrected chi connectivity index (χ4v) is 4.46. The molecule has 0 radical (unpaired) electrons. The lowest BCUT2D eigenvalue weighted by Gasteiger charge is -2.32. The summed E-state index contributed by atoms with van der Waals surface area (Å²) in [5, 5.41) is 3.42. The van der Waals surface area contributed by atoms with Gasteiger partial charge in [0.1, 0.15) is 5.82 Å². The van der Waals surface area contributed by atoms with E-state index in [1.165, 1.54) is 6.07 Å². The van der Waals surface area contributed by atoms with Crippen LogP contribution in [-0.4, -0.2) is 41.2 Å². The molecule has 136 valence electrons. The first kappa shape index (κ1) is 18.0. The van der Waals surface area contributed by atoms with Crippen LogP contribution in [0, 0.1) is 11.7 Å². The third kappa shape index (κ3) is 3.90. The molecular weight excluding hydrogens is 345 g/mol. The van der Waals surface area contributed by atoms with Crippen LogP contribution in [0.25, 0.3) is 11.4 Å². The quantitative estimate of drug-likeness (QED) is 0.812. The molecule has 1 aliphatic rings. The van der Waals surface area contributed by atoms with E-state index < -0.39 is 21.1 Å². The average Bonchev–Trinajstić information content (AvgIpc) is 3.03. The van der Waals surface area contributed by atoms with Crippen molar-refractivity contribution in [2.24, 2.45) is 5.92 Å². The molecule has 1 aromatic heterocycles. The fourth-order valence-electron chi connectivity index (χ4n) is 3.06. The highest BCUT2D eigenvalue weighted by Crippen LogP contribution is 2.25. The summed E-state index contributed by atoms with van der Waals surface area (Å²) in [6.45, 7) is 4.40. The molecule has 1 saturated heterocycles. The Morgan fingerprint density at radius 2 is 2.12 bits per heavy atom. The standard InChI is InChI=1S/C17H22FN3O3S/c1-12(2)25(22,23)21-9-5-6-13(11-21)10-16-19-17(20-24-16)14-7-3-4-8-15(14)18/h3-4,7-8,12-13H,5-6,9-11H2,1-2H3. The maximum absolute atomic E-state index is 13.8. The van der Waals surface area contributed by atoms with E-state index in [0.29, 0.717) is 31.0 Å². The summed E-state index contributed by atoms with van der Waals surface area (Å²) >= 11 is 0. The van der Waals surface area contributed by atoms with Crippen LogP contribution in [0.1, 0.15) is 32.6 Å². The fraction of sp³-hybridized carbons (Fsp3) is 0.529. The lowest BCUT2D eigenvalue weighted by molar-refractivity contribution is 0.246. The number of hydrogen-bond donors (Lipinski definition) is 0. The van der Waals surface area contributed by atoms with Gasteiger partial charge in [0.25, 0.3) is 0 Å². The van der Waals surface area contributed by atoms with Crippen molar-refractivity contribution < 1.29 is 17.3 Å². The van der Waals surface area contributed by atoms with Gasteiger partial charge in [-0.1, -0.05) is 17.3 Å². The van der Waals surface area contributed by atoms with Crippen LogP contribution in [0.15, 0.2) is 28.8 Å². The molecule has 8 heteroatoms. The zero-order chi connectivity index (χ0) is 18.0. The Kier molecular flexibility index (Phi) is 5.19. The van der Waals surface area contributed by atoms with Gasteiger partial charge in [0.05, 0.1) is 10.8 Å².